The summed E-state index contributed by atoms with van der Waals surface area (Å²) < 4.78 is 18.5. The summed E-state index contributed by atoms with van der Waals surface area (Å²) >= 11 is 0. The zero-order valence-electron chi connectivity index (χ0n) is 8.78. The van der Waals surface area contributed by atoms with Crippen LogP contribution >= 0.6 is 0 Å². The van der Waals surface area contributed by atoms with Gasteiger partial charge in [0.15, 0.2) is 0 Å². The highest BCUT2D eigenvalue weighted by Gasteiger charge is 2.18. The summed E-state index contributed by atoms with van der Waals surface area (Å²) in [5.41, 5.74) is 5.98. The van der Waals surface area contributed by atoms with Gasteiger partial charge in [0.05, 0.1) is 13.1 Å². The molecule has 1 heterocycles. The van der Waals surface area contributed by atoms with Gasteiger partial charge in [0, 0.05) is 12.1 Å². The van der Waals surface area contributed by atoms with Crippen molar-refractivity contribution < 1.29 is 13.9 Å². The predicted octanol–water partition coefficient (Wildman–Crippen LogP) is 0.505. The average molecular weight is 224 g/mol. The molecule has 0 saturated heterocycles. The molecule has 0 atom stereocenters. The molecule has 1 aromatic rings. The van der Waals surface area contributed by atoms with Crippen LogP contribution in [0.1, 0.15) is 5.56 Å². The fourth-order valence-corrected chi connectivity index (χ4v) is 1.70. The number of nitrogens with two attached hydrogens (primary N) is 1. The number of halogens is 1. The zero-order chi connectivity index (χ0) is 11.5. The molecule has 16 heavy (non-hydrogen) atoms. The number of carbonyl (C=O) groups excluding carboxylic acids is 1. The summed E-state index contributed by atoms with van der Waals surface area (Å²) in [7, 11) is 0. The van der Waals surface area contributed by atoms with Gasteiger partial charge in [-0.25, -0.2) is 4.39 Å². The van der Waals surface area contributed by atoms with Crippen molar-refractivity contribution in [1.82, 2.24) is 4.90 Å². The van der Waals surface area contributed by atoms with Crippen LogP contribution in [0, 0.1) is 5.82 Å². The summed E-state index contributed by atoms with van der Waals surface area (Å²) in [6.45, 7) is 1.20. The van der Waals surface area contributed by atoms with Crippen molar-refractivity contribution in [2.45, 2.75) is 6.54 Å². The number of benzene rings is 1. The van der Waals surface area contributed by atoms with Gasteiger partial charge in [0.1, 0.15) is 18.2 Å². The Hall–Kier alpha value is -1.62. The van der Waals surface area contributed by atoms with Crippen LogP contribution in [0.25, 0.3) is 0 Å². The summed E-state index contributed by atoms with van der Waals surface area (Å²) in [5.74, 6) is 0.152. The van der Waals surface area contributed by atoms with Gasteiger partial charge in [-0.2, -0.15) is 0 Å². The van der Waals surface area contributed by atoms with Crippen molar-refractivity contribution in [1.29, 1.82) is 0 Å². The molecule has 1 aliphatic rings. The third kappa shape index (κ3) is 2.14. The molecule has 0 unspecified atom stereocenters. The maximum atomic E-state index is 13.1. The molecule has 1 aliphatic heterocycles. The van der Waals surface area contributed by atoms with E-state index in [1.54, 1.807) is 11.0 Å². The van der Waals surface area contributed by atoms with Crippen LogP contribution in [0.3, 0.4) is 0 Å². The highest BCUT2D eigenvalue weighted by atomic mass is 19.1. The van der Waals surface area contributed by atoms with Gasteiger partial charge in [-0.3, -0.25) is 4.79 Å². The van der Waals surface area contributed by atoms with Crippen molar-refractivity contribution in [3.05, 3.63) is 29.6 Å². The topological polar surface area (TPSA) is 55.6 Å². The van der Waals surface area contributed by atoms with Crippen molar-refractivity contribution in [3.8, 4) is 5.75 Å². The van der Waals surface area contributed by atoms with E-state index in [9.17, 15) is 9.18 Å². The maximum absolute atomic E-state index is 13.1. The second-order valence-corrected chi connectivity index (χ2v) is 3.62. The minimum Gasteiger partial charge on any atom is -0.491 e. The summed E-state index contributed by atoms with van der Waals surface area (Å²) in [6, 6.07) is 4.32. The number of carbonyl (C=O) groups is 1. The number of fused-ring (bicyclic) bond motifs is 1. The van der Waals surface area contributed by atoms with E-state index in [1.807, 2.05) is 0 Å². The first kappa shape index (κ1) is 10.9. The summed E-state index contributed by atoms with van der Waals surface area (Å²) in [4.78, 5) is 13.0. The van der Waals surface area contributed by atoms with E-state index in [1.165, 1.54) is 12.1 Å². The quantitative estimate of drug-likeness (QED) is 0.756. The average Bonchev–Trinajstić information content (AvgIpc) is 2.49. The molecule has 0 saturated carbocycles. The highest BCUT2D eigenvalue weighted by molar-refractivity contribution is 5.78. The molecule has 1 amide bonds. The Morgan fingerprint density at radius 2 is 2.38 bits per heavy atom. The molecule has 86 valence electrons. The first-order valence-corrected chi connectivity index (χ1v) is 5.10. The second-order valence-electron chi connectivity index (χ2n) is 3.62. The van der Waals surface area contributed by atoms with Gasteiger partial charge >= 0.3 is 0 Å². The molecule has 0 aliphatic carbocycles. The summed E-state index contributed by atoms with van der Waals surface area (Å²) in [5, 5.41) is 0. The minimum atomic E-state index is -0.329. The molecule has 0 radical (unpaired) electrons. The third-order valence-corrected chi connectivity index (χ3v) is 2.53. The van der Waals surface area contributed by atoms with E-state index >= 15 is 0 Å². The number of nitrogens with zero attached hydrogens (tertiary/aromatic N) is 1. The van der Waals surface area contributed by atoms with Gasteiger partial charge in [-0.05, 0) is 18.2 Å². The highest BCUT2D eigenvalue weighted by Crippen LogP contribution is 2.23. The predicted molar refractivity (Wildman–Crippen MR) is 56.4 cm³/mol. The van der Waals surface area contributed by atoms with Crippen LogP contribution in [0.5, 0.6) is 5.75 Å². The van der Waals surface area contributed by atoms with Gasteiger partial charge in [-0.1, -0.05) is 0 Å². The molecule has 4 nitrogen and oxygen atoms in total. The zero-order valence-corrected chi connectivity index (χ0v) is 8.78. The Labute approximate surface area is 92.8 Å². The Kier molecular flexibility index (Phi) is 3.05. The van der Waals surface area contributed by atoms with Crippen molar-refractivity contribution >= 4 is 5.91 Å². The van der Waals surface area contributed by atoms with E-state index in [0.29, 0.717) is 31.0 Å². The van der Waals surface area contributed by atoms with Crippen LogP contribution in [-0.2, 0) is 11.3 Å². The van der Waals surface area contributed by atoms with Gasteiger partial charge in [-0.15, -0.1) is 0 Å². The first-order valence-electron chi connectivity index (χ1n) is 5.10. The molecule has 2 N–H and O–H groups in total. The van der Waals surface area contributed by atoms with Crippen LogP contribution in [0.4, 0.5) is 4.39 Å². The minimum absolute atomic E-state index is 0.0371. The van der Waals surface area contributed by atoms with Crippen LogP contribution in [0.2, 0.25) is 0 Å². The smallest absolute Gasteiger partial charge is 0.236 e. The van der Waals surface area contributed by atoms with Crippen LogP contribution < -0.4 is 10.5 Å². The van der Waals surface area contributed by atoms with Gasteiger partial charge in [0.2, 0.25) is 5.91 Å². The Bertz CT molecular complexity index is 409. The maximum Gasteiger partial charge on any atom is 0.236 e. The lowest BCUT2D eigenvalue weighted by Crippen LogP contribution is -2.36. The first-order chi connectivity index (χ1) is 7.70. The Balaban J connectivity index is 2.25. The molecule has 0 fully saturated rings. The van der Waals surface area contributed by atoms with E-state index in [-0.39, 0.29) is 18.3 Å². The molecular formula is C11H13FN2O2. The monoisotopic (exact) mass is 224 g/mol. The Morgan fingerprint density at radius 1 is 1.56 bits per heavy atom. The lowest BCUT2D eigenvalue weighted by Gasteiger charge is -2.18. The SMILES string of the molecule is NCC(=O)N1CCOc2ccc(F)cc2C1. The summed E-state index contributed by atoms with van der Waals surface area (Å²) in [6.07, 6.45) is 0. The number of amides is 1. The number of hydrogen-bond donors (Lipinski definition) is 1. The van der Waals surface area contributed by atoms with Crippen molar-refractivity contribution in [2.24, 2.45) is 5.73 Å². The van der Waals surface area contributed by atoms with E-state index in [0.717, 1.165) is 0 Å². The molecule has 0 spiro atoms. The lowest BCUT2D eigenvalue weighted by molar-refractivity contribution is -0.130. The van der Waals surface area contributed by atoms with Crippen molar-refractivity contribution in [3.63, 3.8) is 0 Å². The fraction of sp³-hybridized carbons (Fsp3) is 0.364. The normalized spacial score (nSPS) is 15.0. The standard InChI is InChI=1S/C11H13FN2O2/c12-9-1-2-10-8(5-9)7-14(3-4-16-10)11(15)6-13/h1-2,5H,3-4,6-7,13H2. The van der Waals surface area contributed by atoms with E-state index < -0.39 is 0 Å². The number of rotatable bonds is 1. The van der Waals surface area contributed by atoms with Gasteiger partial charge in [0.25, 0.3) is 0 Å². The molecule has 1 aromatic carbocycles. The number of hydrogen-bond acceptors (Lipinski definition) is 3. The van der Waals surface area contributed by atoms with E-state index in [2.05, 4.69) is 0 Å². The molecule has 0 bridgehead atoms. The Morgan fingerprint density at radius 3 is 3.12 bits per heavy atom. The third-order valence-electron chi connectivity index (χ3n) is 2.53. The number of ether oxygens (including phenoxy) is 1. The molecule has 2 rings (SSSR count). The molecule has 0 aromatic heterocycles. The fourth-order valence-electron chi connectivity index (χ4n) is 1.70. The van der Waals surface area contributed by atoms with Crippen LogP contribution in [-0.4, -0.2) is 30.5 Å². The van der Waals surface area contributed by atoms with Gasteiger partial charge < -0.3 is 15.4 Å². The second kappa shape index (κ2) is 4.49. The van der Waals surface area contributed by atoms with Crippen molar-refractivity contribution in [2.75, 3.05) is 19.7 Å². The van der Waals surface area contributed by atoms with Crippen LogP contribution in [0.15, 0.2) is 18.2 Å². The lowest BCUT2D eigenvalue weighted by atomic mass is 10.2. The van der Waals surface area contributed by atoms with E-state index in [4.69, 9.17) is 10.5 Å². The molecule has 5 heteroatoms. The molecular weight excluding hydrogens is 211 g/mol. The largest absolute Gasteiger partial charge is 0.491 e.